The van der Waals surface area contributed by atoms with E-state index in [-0.39, 0.29) is 11.1 Å². The number of imidazole rings is 1. The summed E-state index contributed by atoms with van der Waals surface area (Å²) in [5.41, 5.74) is 7.62. The number of anilines is 1. The van der Waals surface area contributed by atoms with E-state index in [1.807, 2.05) is 30.3 Å². The summed E-state index contributed by atoms with van der Waals surface area (Å²) in [5.74, 6) is 1.35. The molecule has 0 fully saturated rings. The first-order valence-corrected chi connectivity index (χ1v) is 7.22. The van der Waals surface area contributed by atoms with E-state index >= 15 is 0 Å². The van der Waals surface area contributed by atoms with Crippen molar-refractivity contribution in [2.24, 2.45) is 0 Å². The molecule has 0 unspecified atom stereocenters. The molecule has 2 N–H and O–H groups in total. The van der Waals surface area contributed by atoms with Gasteiger partial charge in [-0.3, -0.25) is 0 Å². The largest absolute Gasteiger partial charge is 0.439 e. The molecule has 0 bridgehead atoms. The minimum Gasteiger partial charge on any atom is -0.439 e. The van der Waals surface area contributed by atoms with Crippen molar-refractivity contribution >= 4 is 28.7 Å². The van der Waals surface area contributed by atoms with E-state index in [0.29, 0.717) is 29.4 Å². The van der Waals surface area contributed by atoms with Crippen molar-refractivity contribution < 1.29 is 4.42 Å². The number of hydrogen-bond acceptors (Lipinski definition) is 6. The molecule has 8 heteroatoms. The Hall–Kier alpha value is -2.93. The van der Waals surface area contributed by atoms with Crippen molar-refractivity contribution in [3.05, 3.63) is 53.8 Å². The van der Waals surface area contributed by atoms with Crippen LogP contribution in [0, 0.1) is 0 Å². The van der Waals surface area contributed by atoms with Gasteiger partial charge in [0.05, 0.1) is 19.1 Å². The Kier molecular flexibility index (Phi) is 3.20. The maximum Gasteiger partial charge on any atom is 0.226 e. The zero-order valence-electron chi connectivity index (χ0n) is 11.8. The number of aromatic nitrogens is 5. The number of nitrogens with two attached hydrogens (primary N) is 1. The highest BCUT2D eigenvalue weighted by Crippen LogP contribution is 2.22. The van der Waals surface area contributed by atoms with Crippen LogP contribution in [0.2, 0.25) is 5.15 Å². The van der Waals surface area contributed by atoms with Crippen LogP contribution in [0.4, 0.5) is 5.95 Å². The number of oxazole rings is 1. The minimum atomic E-state index is 0.104. The van der Waals surface area contributed by atoms with E-state index in [9.17, 15) is 0 Å². The molecule has 3 aromatic heterocycles. The predicted octanol–water partition coefficient (Wildman–Crippen LogP) is 2.77. The van der Waals surface area contributed by atoms with Crippen molar-refractivity contribution in [3.63, 3.8) is 0 Å². The van der Waals surface area contributed by atoms with Crippen LogP contribution >= 0.6 is 11.6 Å². The lowest BCUT2D eigenvalue weighted by Crippen LogP contribution is -2.01. The van der Waals surface area contributed by atoms with Crippen LogP contribution in [0.5, 0.6) is 0 Å². The third-order valence-electron chi connectivity index (χ3n) is 3.34. The molecule has 0 aliphatic carbocycles. The Labute approximate surface area is 135 Å². The molecule has 4 rings (SSSR count). The zero-order valence-corrected chi connectivity index (χ0v) is 12.6. The first-order chi connectivity index (χ1) is 11.2. The summed E-state index contributed by atoms with van der Waals surface area (Å²) in [5, 5.41) is 0.230. The molecule has 0 radical (unpaired) electrons. The maximum absolute atomic E-state index is 6.02. The Morgan fingerprint density at radius 3 is 2.78 bits per heavy atom. The molecule has 0 amide bonds. The lowest BCUT2D eigenvalue weighted by atomic mass is 10.2. The van der Waals surface area contributed by atoms with Crippen LogP contribution in [-0.4, -0.2) is 24.5 Å². The fraction of sp³-hybridized carbons (Fsp3) is 0.0667. The second-order valence-corrected chi connectivity index (χ2v) is 5.27. The molecule has 3 heterocycles. The normalized spacial score (nSPS) is 11.2. The van der Waals surface area contributed by atoms with E-state index in [1.54, 1.807) is 17.1 Å². The molecule has 4 aromatic rings. The SMILES string of the molecule is Nc1nc(Cl)c2ncn(Cc3cnc(-c4ccccc4)o3)c2n1. The summed E-state index contributed by atoms with van der Waals surface area (Å²) >= 11 is 6.02. The summed E-state index contributed by atoms with van der Waals surface area (Å²) in [7, 11) is 0. The molecular formula is C15H11ClN6O. The van der Waals surface area contributed by atoms with E-state index in [1.165, 1.54) is 0 Å². The average molecular weight is 327 g/mol. The van der Waals surface area contributed by atoms with Crippen LogP contribution in [0.1, 0.15) is 5.76 Å². The van der Waals surface area contributed by atoms with Gasteiger partial charge >= 0.3 is 0 Å². The van der Waals surface area contributed by atoms with Gasteiger partial charge in [0, 0.05) is 5.56 Å². The van der Waals surface area contributed by atoms with Crippen LogP contribution in [-0.2, 0) is 6.54 Å². The van der Waals surface area contributed by atoms with Crippen LogP contribution in [0.15, 0.2) is 47.3 Å². The first-order valence-electron chi connectivity index (χ1n) is 6.84. The summed E-state index contributed by atoms with van der Waals surface area (Å²) in [4.78, 5) is 16.6. The highest BCUT2D eigenvalue weighted by molar-refractivity contribution is 6.33. The summed E-state index contributed by atoms with van der Waals surface area (Å²) in [6, 6.07) is 9.69. The van der Waals surface area contributed by atoms with Crippen molar-refractivity contribution in [2.45, 2.75) is 6.54 Å². The highest BCUT2D eigenvalue weighted by atomic mass is 35.5. The number of benzene rings is 1. The summed E-state index contributed by atoms with van der Waals surface area (Å²) < 4.78 is 7.57. The predicted molar refractivity (Wildman–Crippen MR) is 85.8 cm³/mol. The number of halogens is 1. The van der Waals surface area contributed by atoms with Gasteiger partial charge in [-0.1, -0.05) is 29.8 Å². The molecular weight excluding hydrogens is 316 g/mol. The van der Waals surface area contributed by atoms with Crippen LogP contribution in [0.25, 0.3) is 22.6 Å². The number of fused-ring (bicyclic) bond motifs is 1. The molecule has 114 valence electrons. The van der Waals surface area contributed by atoms with E-state index in [4.69, 9.17) is 21.8 Å². The van der Waals surface area contributed by atoms with E-state index < -0.39 is 0 Å². The second kappa shape index (κ2) is 5.36. The van der Waals surface area contributed by atoms with Gasteiger partial charge in [-0.15, -0.1) is 0 Å². The Morgan fingerprint density at radius 1 is 1.13 bits per heavy atom. The average Bonchev–Trinajstić information content (AvgIpc) is 3.17. The number of rotatable bonds is 3. The molecule has 0 aliphatic rings. The van der Waals surface area contributed by atoms with Crippen molar-refractivity contribution in [3.8, 4) is 11.5 Å². The molecule has 0 atom stereocenters. The fourth-order valence-corrected chi connectivity index (χ4v) is 2.52. The summed E-state index contributed by atoms with van der Waals surface area (Å²) in [6.45, 7) is 0.420. The smallest absolute Gasteiger partial charge is 0.226 e. The Bertz CT molecular complexity index is 978. The lowest BCUT2D eigenvalue weighted by molar-refractivity contribution is 0.503. The molecule has 1 aromatic carbocycles. The molecule has 0 spiro atoms. The van der Waals surface area contributed by atoms with Gasteiger partial charge in [-0.2, -0.15) is 9.97 Å². The molecule has 23 heavy (non-hydrogen) atoms. The molecule has 0 saturated heterocycles. The third kappa shape index (κ3) is 2.51. The third-order valence-corrected chi connectivity index (χ3v) is 3.60. The molecule has 0 saturated carbocycles. The Morgan fingerprint density at radius 2 is 1.96 bits per heavy atom. The van der Waals surface area contributed by atoms with Gasteiger partial charge in [0.25, 0.3) is 0 Å². The standard InChI is InChI=1S/C15H11ClN6O/c16-12-11-13(21-15(17)20-12)22(8-19-11)7-10-6-18-14(23-10)9-4-2-1-3-5-9/h1-6,8H,7H2,(H2,17,20,21). The van der Waals surface area contributed by atoms with Crippen LogP contribution < -0.4 is 5.73 Å². The van der Waals surface area contributed by atoms with Crippen molar-refractivity contribution in [2.75, 3.05) is 5.73 Å². The number of nitrogen functional groups attached to an aromatic ring is 1. The van der Waals surface area contributed by atoms with Crippen LogP contribution in [0.3, 0.4) is 0 Å². The quantitative estimate of drug-likeness (QED) is 0.581. The maximum atomic E-state index is 6.02. The zero-order chi connectivity index (χ0) is 15.8. The van der Waals surface area contributed by atoms with E-state index in [2.05, 4.69) is 19.9 Å². The van der Waals surface area contributed by atoms with E-state index in [0.717, 1.165) is 5.56 Å². The van der Waals surface area contributed by atoms with Gasteiger partial charge in [0.15, 0.2) is 10.8 Å². The molecule has 0 aliphatic heterocycles. The van der Waals surface area contributed by atoms with Gasteiger partial charge in [0.2, 0.25) is 11.8 Å². The topological polar surface area (TPSA) is 95.7 Å². The van der Waals surface area contributed by atoms with Gasteiger partial charge < -0.3 is 14.7 Å². The van der Waals surface area contributed by atoms with Gasteiger partial charge in [0.1, 0.15) is 11.3 Å². The fourth-order valence-electron chi connectivity index (χ4n) is 2.30. The highest BCUT2D eigenvalue weighted by Gasteiger charge is 2.13. The summed E-state index contributed by atoms with van der Waals surface area (Å²) in [6.07, 6.45) is 3.30. The van der Waals surface area contributed by atoms with Gasteiger partial charge in [-0.25, -0.2) is 9.97 Å². The monoisotopic (exact) mass is 326 g/mol. The van der Waals surface area contributed by atoms with Crippen molar-refractivity contribution in [1.29, 1.82) is 0 Å². The number of nitrogens with zero attached hydrogens (tertiary/aromatic N) is 5. The second-order valence-electron chi connectivity index (χ2n) is 4.92. The first kappa shape index (κ1) is 13.7. The number of hydrogen-bond donors (Lipinski definition) is 1. The van der Waals surface area contributed by atoms with Crippen molar-refractivity contribution in [1.82, 2.24) is 24.5 Å². The lowest BCUT2D eigenvalue weighted by Gasteiger charge is -2.01. The minimum absolute atomic E-state index is 0.104. The van der Waals surface area contributed by atoms with Gasteiger partial charge in [-0.05, 0) is 12.1 Å². The molecule has 7 nitrogen and oxygen atoms in total. The Balaban J connectivity index is 1.68.